The third kappa shape index (κ3) is 9.73. The molecule has 12 heteroatoms. The first kappa shape index (κ1) is 35.8. The van der Waals surface area contributed by atoms with Crippen molar-refractivity contribution in [1.82, 2.24) is 10.3 Å². The van der Waals surface area contributed by atoms with Gasteiger partial charge in [-0.05, 0) is 76.3 Å². The van der Waals surface area contributed by atoms with Crippen LogP contribution in [0.4, 0.5) is 15.0 Å². The quantitative estimate of drug-likeness (QED) is 0.162. The SMILES string of the molecule is COc1ccc(-c2c(OCCCCCCC(=O)O)cc(N3CCC(NC(=O)OC(C)(C)C)CC3)nc2-c2ccc(C#N)c(F)c2)cc1O. The summed E-state index contributed by atoms with van der Waals surface area (Å²) in [5, 5.41) is 31.9. The van der Waals surface area contributed by atoms with Crippen LogP contribution in [0.2, 0.25) is 0 Å². The van der Waals surface area contributed by atoms with Gasteiger partial charge in [-0.15, -0.1) is 0 Å². The van der Waals surface area contributed by atoms with Crippen LogP contribution < -0.4 is 19.7 Å². The van der Waals surface area contributed by atoms with E-state index in [0.717, 1.165) is 12.8 Å². The predicted molar refractivity (Wildman–Crippen MR) is 179 cm³/mol. The molecule has 48 heavy (non-hydrogen) atoms. The van der Waals surface area contributed by atoms with Crippen LogP contribution in [0.15, 0.2) is 42.5 Å². The van der Waals surface area contributed by atoms with Crippen molar-refractivity contribution in [1.29, 1.82) is 5.26 Å². The van der Waals surface area contributed by atoms with Gasteiger partial charge in [-0.2, -0.15) is 5.26 Å². The molecule has 1 aliphatic rings. The number of halogens is 1. The van der Waals surface area contributed by atoms with Gasteiger partial charge in [0.25, 0.3) is 0 Å². The minimum Gasteiger partial charge on any atom is -0.504 e. The van der Waals surface area contributed by atoms with E-state index in [1.807, 2.05) is 32.9 Å². The van der Waals surface area contributed by atoms with Gasteiger partial charge in [-0.3, -0.25) is 4.79 Å². The number of unbranched alkanes of at least 4 members (excludes halogenated alkanes) is 3. The Hall–Kier alpha value is -5.05. The van der Waals surface area contributed by atoms with E-state index in [0.29, 0.717) is 79.3 Å². The number of methoxy groups -OCH3 is 1. The molecule has 0 unspecified atom stereocenters. The number of carbonyl (C=O) groups excluding carboxylic acids is 1. The van der Waals surface area contributed by atoms with Crippen LogP contribution in [0.3, 0.4) is 0 Å². The number of ether oxygens (including phenoxy) is 3. The Morgan fingerprint density at radius 2 is 1.75 bits per heavy atom. The van der Waals surface area contributed by atoms with Gasteiger partial charge in [0.05, 0.1) is 30.5 Å². The maximum absolute atomic E-state index is 15.0. The van der Waals surface area contributed by atoms with Crippen LogP contribution >= 0.6 is 0 Å². The fourth-order valence-corrected chi connectivity index (χ4v) is 5.51. The summed E-state index contributed by atoms with van der Waals surface area (Å²) in [6.07, 6.45) is 3.72. The van der Waals surface area contributed by atoms with E-state index in [-0.39, 0.29) is 29.5 Å². The molecular weight excluding hydrogens is 619 g/mol. The van der Waals surface area contributed by atoms with Crippen molar-refractivity contribution in [3.05, 3.63) is 53.8 Å². The Bertz CT molecular complexity index is 1640. The molecule has 1 aliphatic heterocycles. The molecular formula is C36H43FN4O7. The van der Waals surface area contributed by atoms with Gasteiger partial charge in [0, 0.05) is 37.2 Å². The number of pyridine rings is 1. The predicted octanol–water partition coefficient (Wildman–Crippen LogP) is 7.05. The monoisotopic (exact) mass is 662 g/mol. The number of carbonyl (C=O) groups is 2. The van der Waals surface area contributed by atoms with Crippen LogP contribution in [0.1, 0.15) is 71.3 Å². The molecule has 0 spiro atoms. The number of aromatic hydroxyl groups is 1. The van der Waals surface area contributed by atoms with Gasteiger partial charge in [-0.25, -0.2) is 14.2 Å². The van der Waals surface area contributed by atoms with Crippen molar-refractivity contribution in [3.63, 3.8) is 0 Å². The summed E-state index contributed by atoms with van der Waals surface area (Å²) >= 11 is 0. The Morgan fingerprint density at radius 1 is 1.04 bits per heavy atom. The van der Waals surface area contributed by atoms with Crippen LogP contribution in [0, 0.1) is 17.1 Å². The van der Waals surface area contributed by atoms with Crippen LogP contribution in [-0.2, 0) is 9.53 Å². The van der Waals surface area contributed by atoms with E-state index in [4.69, 9.17) is 24.3 Å². The molecule has 3 N–H and O–H groups in total. The number of phenols is 1. The first-order valence-electron chi connectivity index (χ1n) is 16.1. The number of hydrogen-bond acceptors (Lipinski definition) is 9. The van der Waals surface area contributed by atoms with Crippen molar-refractivity contribution < 1.29 is 38.4 Å². The lowest BCUT2D eigenvalue weighted by Crippen LogP contribution is -2.46. The van der Waals surface area contributed by atoms with Crippen LogP contribution in [-0.4, -0.2) is 65.7 Å². The lowest BCUT2D eigenvalue weighted by atomic mass is 9.96. The summed E-state index contributed by atoms with van der Waals surface area (Å²) in [6, 6.07) is 12.8. The smallest absolute Gasteiger partial charge is 0.407 e. The molecule has 0 bridgehead atoms. The number of nitrogens with one attached hydrogen (secondary N) is 1. The first-order chi connectivity index (χ1) is 22.9. The standard InChI is InChI=1S/C36H43FN4O7/c1-36(2,3)48-35(45)39-26-14-16-41(17-15-26)31-21-30(47-18-8-6-5-7-9-32(43)44)33(23-12-13-29(46-4)28(42)20-23)34(40-31)24-10-11-25(22-38)27(37)19-24/h10-13,19-21,26,42H,5-9,14-18H2,1-4H3,(H,39,45)(H,43,44). The molecule has 4 rings (SSSR count). The average Bonchev–Trinajstić information content (AvgIpc) is 3.03. The number of hydrogen-bond donors (Lipinski definition) is 3. The highest BCUT2D eigenvalue weighted by Crippen LogP contribution is 2.43. The lowest BCUT2D eigenvalue weighted by Gasteiger charge is -2.34. The summed E-state index contributed by atoms with van der Waals surface area (Å²) in [5.74, 6) is -0.281. The number of carboxylic acids is 1. The van der Waals surface area contributed by atoms with Gasteiger partial charge < -0.3 is 34.6 Å². The molecule has 1 amide bonds. The first-order valence-corrected chi connectivity index (χ1v) is 16.1. The number of aromatic nitrogens is 1. The molecule has 3 aromatic rings. The van der Waals surface area contributed by atoms with Crippen molar-refractivity contribution in [2.45, 2.75) is 77.4 Å². The molecule has 256 valence electrons. The zero-order valence-electron chi connectivity index (χ0n) is 27.8. The van der Waals surface area contributed by atoms with Gasteiger partial charge >= 0.3 is 12.1 Å². The molecule has 2 heterocycles. The Labute approximate surface area is 280 Å². The van der Waals surface area contributed by atoms with Crippen molar-refractivity contribution >= 4 is 17.9 Å². The van der Waals surface area contributed by atoms with E-state index < -0.39 is 23.5 Å². The highest BCUT2D eigenvalue weighted by molar-refractivity contribution is 5.88. The summed E-state index contributed by atoms with van der Waals surface area (Å²) < 4.78 is 32.1. The Morgan fingerprint density at radius 3 is 2.38 bits per heavy atom. The number of phenolic OH excluding ortho intramolecular Hbond substituents is 1. The van der Waals surface area contributed by atoms with Gasteiger partial charge in [0.1, 0.15) is 29.1 Å². The number of anilines is 1. The minimum atomic E-state index is -0.820. The third-order valence-corrected chi connectivity index (χ3v) is 7.88. The summed E-state index contributed by atoms with van der Waals surface area (Å²) in [4.78, 5) is 30.3. The Balaban J connectivity index is 1.70. The number of nitriles is 1. The summed E-state index contributed by atoms with van der Waals surface area (Å²) in [7, 11) is 1.45. The highest BCUT2D eigenvalue weighted by atomic mass is 19.1. The van der Waals surface area contributed by atoms with E-state index >= 15 is 4.39 Å². The average molecular weight is 663 g/mol. The molecule has 0 aliphatic carbocycles. The number of alkyl carbamates (subject to hydrolysis) is 1. The molecule has 0 radical (unpaired) electrons. The van der Waals surface area contributed by atoms with Gasteiger partial charge in [0.15, 0.2) is 11.5 Å². The minimum absolute atomic E-state index is 0.0819. The van der Waals surface area contributed by atoms with Crippen molar-refractivity contribution in [2.24, 2.45) is 0 Å². The van der Waals surface area contributed by atoms with Crippen molar-refractivity contribution in [2.75, 3.05) is 31.7 Å². The molecule has 0 saturated carbocycles. The largest absolute Gasteiger partial charge is 0.504 e. The maximum atomic E-state index is 15.0. The molecule has 11 nitrogen and oxygen atoms in total. The zero-order valence-corrected chi connectivity index (χ0v) is 27.8. The second kappa shape index (κ2) is 16.2. The number of amides is 1. The third-order valence-electron chi connectivity index (χ3n) is 7.88. The molecule has 1 saturated heterocycles. The highest BCUT2D eigenvalue weighted by Gasteiger charge is 2.27. The summed E-state index contributed by atoms with van der Waals surface area (Å²) in [6.45, 7) is 6.91. The van der Waals surface area contributed by atoms with Crippen LogP contribution in [0.5, 0.6) is 17.2 Å². The lowest BCUT2D eigenvalue weighted by molar-refractivity contribution is -0.137. The second-order valence-electron chi connectivity index (χ2n) is 12.7. The second-order valence-corrected chi connectivity index (χ2v) is 12.7. The number of rotatable bonds is 13. The van der Waals surface area contributed by atoms with E-state index in [9.17, 15) is 20.0 Å². The van der Waals surface area contributed by atoms with Crippen LogP contribution in [0.25, 0.3) is 22.4 Å². The van der Waals surface area contributed by atoms with Gasteiger partial charge in [-0.1, -0.05) is 25.0 Å². The normalized spacial score (nSPS) is 13.5. The van der Waals surface area contributed by atoms with E-state index in [1.54, 1.807) is 18.2 Å². The molecule has 1 aromatic heterocycles. The maximum Gasteiger partial charge on any atom is 0.407 e. The molecule has 2 aromatic carbocycles. The van der Waals surface area contributed by atoms with Crippen molar-refractivity contribution in [3.8, 4) is 45.7 Å². The Kier molecular flexibility index (Phi) is 12.1. The number of carboxylic acid groups (broad SMARTS) is 1. The van der Waals surface area contributed by atoms with E-state index in [1.165, 1.54) is 25.3 Å². The fourth-order valence-electron chi connectivity index (χ4n) is 5.51. The van der Waals surface area contributed by atoms with E-state index in [2.05, 4.69) is 10.2 Å². The summed E-state index contributed by atoms with van der Waals surface area (Å²) in [5.41, 5.74) is 1.19. The number of piperidine rings is 1. The zero-order chi connectivity index (χ0) is 34.8. The topological polar surface area (TPSA) is 154 Å². The fraction of sp³-hybridized carbons (Fsp3) is 0.444. The molecule has 1 fully saturated rings. The number of nitrogens with zero attached hydrogens (tertiary/aromatic N) is 3. The number of aliphatic carboxylic acids is 1. The molecule has 0 atom stereocenters. The van der Waals surface area contributed by atoms with Gasteiger partial charge in [0.2, 0.25) is 0 Å². The number of benzene rings is 2.